The molecule has 0 saturated heterocycles. The third-order valence-corrected chi connectivity index (χ3v) is 5.50. The molecule has 2 heterocycles. The van der Waals surface area contributed by atoms with E-state index in [2.05, 4.69) is 26.7 Å². The van der Waals surface area contributed by atoms with Gasteiger partial charge in [0.1, 0.15) is 12.1 Å². The van der Waals surface area contributed by atoms with Crippen LogP contribution in [0.25, 0.3) is 10.9 Å². The van der Waals surface area contributed by atoms with Crippen molar-refractivity contribution in [2.45, 2.75) is 26.8 Å². The van der Waals surface area contributed by atoms with Crippen molar-refractivity contribution in [1.82, 2.24) is 14.5 Å². The van der Waals surface area contributed by atoms with E-state index in [1.54, 1.807) is 7.11 Å². The molecule has 31 heavy (non-hydrogen) atoms. The molecule has 0 saturated carbocycles. The summed E-state index contributed by atoms with van der Waals surface area (Å²) in [6, 6.07) is 17.6. The number of carbonyl (C=O) groups excluding carboxylic acids is 1. The van der Waals surface area contributed by atoms with Gasteiger partial charge in [0.05, 0.1) is 18.0 Å². The first kappa shape index (κ1) is 20.6. The number of aryl methyl sites for hydroxylation is 2. The SMILES string of the molecule is COc1ccc(CCn2c(C)cc(C(=O)COc3ncnc4ccccc34)c2C)cc1. The number of benzene rings is 2. The second-order valence-electron chi connectivity index (χ2n) is 7.44. The molecule has 158 valence electrons. The molecule has 0 N–H and O–H groups in total. The van der Waals surface area contributed by atoms with Crippen LogP contribution in [0.2, 0.25) is 0 Å². The molecule has 0 aliphatic carbocycles. The van der Waals surface area contributed by atoms with Gasteiger partial charge in [-0.1, -0.05) is 24.3 Å². The van der Waals surface area contributed by atoms with Crippen molar-refractivity contribution < 1.29 is 14.3 Å². The summed E-state index contributed by atoms with van der Waals surface area (Å²) >= 11 is 0. The molecule has 0 fully saturated rings. The van der Waals surface area contributed by atoms with Gasteiger partial charge in [-0.15, -0.1) is 0 Å². The van der Waals surface area contributed by atoms with Crippen LogP contribution < -0.4 is 9.47 Å². The summed E-state index contributed by atoms with van der Waals surface area (Å²) in [7, 11) is 1.66. The Morgan fingerprint density at radius 3 is 2.58 bits per heavy atom. The number of hydrogen-bond donors (Lipinski definition) is 0. The molecule has 0 amide bonds. The lowest BCUT2D eigenvalue weighted by Crippen LogP contribution is -2.14. The van der Waals surface area contributed by atoms with Gasteiger partial charge < -0.3 is 14.0 Å². The Kier molecular flexibility index (Phi) is 5.98. The zero-order valence-corrected chi connectivity index (χ0v) is 18.0. The maximum atomic E-state index is 12.9. The predicted octanol–water partition coefficient (Wildman–Crippen LogP) is 4.56. The fourth-order valence-corrected chi connectivity index (χ4v) is 3.77. The van der Waals surface area contributed by atoms with E-state index in [4.69, 9.17) is 9.47 Å². The molecule has 0 bridgehead atoms. The minimum atomic E-state index is -0.0657. The number of aromatic nitrogens is 3. The third-order valence-electron chi connectivity index (χ3n) is 5.50. The fraction of sp³-hybridized carbons (Fsp3) is 0.240. The van der Waals surface area contributed by atoms with E-state index in [0.29, 0.717) is 11.4 Å². The third kappa shape index (κ3) is 4.43. The molecule has 0 aliphatic heterocycles. The standard InChI is InChI=1S/C25H25N3O3/c1-17-14-22(18(2)28(17)13-12-19-8-10-20(30-3)11-9-19)24(29)15-31-25-21-6-4-5-7-23(21)26-16-27-25/h4-11,14,16H,12-13,15H2,1-3H3. The first-order chi connectivity index (χ1) is 15.1. The summed E-state index contributed by atoms with van der Waals surface area (Å²) in [6.45, 7) is 4.74. The summed E-state index contributed by atoms with van der Waals surface area (Å²) in [5.41, 5.74) is 4.71. The Hall–Kier alpha value is -3.67. The number of nitrogens with zero attached hydrogens (tertiary/aromatic N) is 3. The van der Waals surface area contributed by atoms with Crippen molar-refractivity contribution >= 4 is 16.7 Å². The zero-order chi connectivity index (χ0) is 21.8. The van der Waals surface area contributed by atoms with E-state index >= 15 is 0 Å². The van der Waals surface area contributed by atoms with Gasteiger partial charge in [-0.3, -0.25) is 4.79 Å². The van der Waals surface area contributed by atoms with Crippen LogP contribution in [-0.4, -0.2) is 34.0 Å². The van der Waals surface area contributed by atoms with Crippen LogP contribution in [0.5, 0.6) is 11.6 Å². The van der Waals surface area contributed by atoms with Crippen LogP contribution in [-0.2, 0) is 13.0 Å². The highest BCUT2D eigenvalue weighted by Gasteiger charge is 2.17. The quantitative estimate of drug-likeness (QED) is 0.395. The lowest BCUT2D eigenvalue weighted by Gasteiger charge is -2.11. The second kappa shape index (κ2) is 9.00. The molecule has 0 radical (unpaired) electrons. The van der Waals surface area contributed by atoms with Crippen molar-refractivity contribution in [1.29, 1.82) is 0 Å². The molecular weight excluding hydrogens is 390 g/mol. The minimum Gasteiger partial charge on any atom is -0.497 e. The highest BCUT2D eigenvalue weighted by atomic mass is 16.5. The second-order valence-corrected chi connectivity index (χ2v) is 7.44. The topological polar surface area (TPSA) is 66.2 Å². The molecule has 0 aliphatic rings. The monoisotopic (exact) mass is 415 g/mol. The van der Waals surface area contributed by atoms with Crippen molar-refractivity contribution in [3.8, 4) is 11.6 Å². The van der Waals surface area contributed by atoms with Crippen molar-refractivity contribution in [2.24, 2.45) is 0 Å². The van der Waals surface area contributed by atoms with Gasteiger partial charge in [-0.25, -0.2) is 9.97 Å². The van der Waals surface area contributed by atoms with Gasteiger partial charge >= 0.3 is 0 Å². The van der Waals surface area contributed by atoms with Crippen LogP contribution in [0.1, 0.15) is 27.3 Å². The van der Waals surface area contributed by atoms with Crippen molar-refractivity contribution in [3.63, 3.8) is 0 Å². The molecule has 6 nitrogen and oxygen atoms in total. The van der Waals surface area contributed by atoms with E-state index in [1.165, 1.54) is 11.9 Å². The van der Waals surface area contributed by atoms with E-state index in [1.807, 2.05) is 56.3 Å². The van der Waals surface area contributed by atoms with Gasteiger partial charge in [0.15, 0.2) is 6.61 Å². The van der Waals surface area contributed by atoms with Crippen molar-refractivity contribution in [3.05, 3.63) is 83.4 Å². The fourth-order valence-electron chi connectivity index (χ4n) is 3.77. The van der Waals surface area contributed by atoms with E-state index in [-0.39, 0.29) is 12.4 Å². The van der Waals surface area contributed by atoms with Gasteiger partial charge in [0, 0.05) is 23.5 Å². The Labute approximate surface area is 181 Å². The zero-order valence-electron chi connectivity index (χ0n) is 18.0. The Morgan fingerprint density at radius 2 is 1.81 bits per heavy atom. The number of carbonyl (C=O) groups is 1. The molecule has 4 aromatic rings. The molecule has 0 spiro atoms. The summed E-state index contributed by atoms with van der Waals surface area (Å²) in [5.74, 6) is 1.21. The summed E-state index contributed by atoms with van der Waals surface area (Å²) < 4.78 is 13.2. The van der Waals surface area contributed by atoms with E-state index in [9.17, 15) is 4.79 Å². The number of hydrogen-bond acceptors (Lipinski definition) is 5. The molecule has 0 atom stereocenters. The van der Waals surface area contributed by atoms with Crippen LogP contribution in [0.4, 0.5) is 0 Å². The number of fused-ring (bicyclic) bond motifs is 1. The van der Waals surface area contributed by atoms with E-state index < -0.39 is 0 Å². The molecule has 2 aromatic heterocycles. The number of para-hydroxylation sites is 1. The van der Waals surface area contributed by atoms with Crippen LogP contribution >= 0.6 is 0 Å². The van der Waals surface area contributed by atoms with Crippen LogP contribution in [0, 0.1) is 13.8 Å². The minimum absolute atomic E-state index is 0.0634. The summed E-state index contributed by atoms with van der Waals surface area (Å²) in [5, 5.41) is 0.794. The highest BCUT2D eigenvalue weighted by molar-refractivity contribution is 5.98. The molecule has 4 rings (SSSR count). The number of ether oxygens (including phenoxy) is 2. The van der Waals surface area contributed by atoms with Crippen molar-refractivity contribution in [2.75, 3.05) is 13.7 Å². The van der Waals surface area contributed by atoms with E-state index in [0.717, 1.165) is 41.0 Å². The van der Waals surface area contributed by atoms with Crippen LogP contribution in [0.15, 0.2) is 60.9 Å². The molecule has 0 unspecified atom stereocenters. The maximum Gasteiger partial charge on any atom is 0.224 e. The number of ketones is 1. The number of Topliss-reactive ketones (excluding diaryl/α,β-unsaturated/α-hetero) is 1. The molecule has 2 aromatic carbocycles. The summed E-state index contributed by atoms with van der Waals surface area (Å²) in [4.78, 5) is 21.3. The Bertz CT molecular complexity index is 1210. The van der Waals surface area contributed by atoms with Gasteiger partial charge in [-0.2, -0.15) is 0 Å². The number of rotatable bonds is 8. The van der Waals surface area contributed by atoms with Crippen LogP contribution in [0.3, 0.4) is 0 Å². The first-order valence-corrected chi connectivity index (χ1v) is 10.2. The van der Waals surface area contributed by atoms with Gasteiger partial charge in [-0.05, 0) is 56.2 Å². The summed E-state index contributed by atoms with van der Waals surface area (Å²) in [6.07, 6.45) is 2.32. The largest absolute Gasteiger partial charge is 0.497 e. The van der Waals surface area contributed by atoms with Gasteiger partial charge in [0.2, 0.25) is 11.7 Å². The Morgan fingerprint density at radius 1 is 1.03 bits per heavy atom. The smallest absolute Gasteiger partial charge is 0.224 e. The average Bonchev–Trinajstić information content (AvgIpc) is 3.09. The predicted molar refractivity (Wildman–Crippen MR) is 120 cm³/mol. The normalized spacial score (nSPS) is 10.9. The van der Waals surface area contributed by atoms with Gasteiger partial charge in [0.25, 0.3) is 0 Å². The maximum absolute atomic E-state index is 12.9. The first-order valence-electron chi connectivity index (χ1n) is 10.2. The average molecular weight is 415 g/mol. The highest BCUT2D eigenvalue weighted by Crippen LogP contribution is 2.22. The molecule has 6 heteroatoms. The number of methoxy groups -OCH3 is 1. The lowest BCUT2D eigenvalue weighted by atomic mass is 10.1. The Balaban J connectivity index is 1.45. The lowest BCUT2D eigenvalue weighted by molar-refractivity contribution is 0.0918. The molecular formula is C25H25N3O3.